The highest BCUT2D eigenvalue weighted by molar-refractivity contribution is 7.98. The number of thioether (sulfide) groups is 1. The van der Waals surface area contributed by atoms with Crippen molar-refractivity contribution in [1.82, 2.24) is 24.6 Å². The Morgan fingerprint density at radius 3 is 2.92 bits per heavy atom. The van der Waals surface area contributed by atoms with Gasteiger partial charge in [0.2, 0.25) is 11.0 Å². The molecule has 0 radical (unpaired) electrons. The Morgan fingerprint density at radius 1 is 1.20 bits per heavy atom. The normalized spacial score (nSPS) is 11.3. The van der Waals surface area contributed by atoms with Crippen molar-refractivity contribution in [3.63, 3.8) is 0 Å². The monoisotopic (exact) mass is 371 g/mol. The minimum Gasteiger partial charge on any atom is -0.440 e. The lowest BCUT2D eigenvalue weighted by Gasteiger charge is -1.97. The molecule has 0 aliphatic rings. The number of hydrogen-bond donors (Lipinski definition) is 0. The van der Waals surface area contributed by atoms with Gasteiger partial charge in [0, 0.05) is 22.0 Å². The van der Waals surface area contributed by atoms with Crippen LogP contribution in [0.4, 0.5) is 0 Å². The largest absolute Gasteiger partial charge is 0.440 e. The van der Waals surface area contributed by atoms with Crippen molar-refractivity contribution in [3.8, 4) is 11.3 Å². The summed E-state index contributed by atoms with van der Waals surface area (Å²) >= 11 is 7.47. The molecule has 0 aliphatic carbocycles. The van der Waals surface area contributed by atoms with E-state index in [0.717, 1.165) is 17.0 Å². The van der Waals surface area contributed by atoms with Crippen molar-refractivity contribution in [2.45, 2.75) is 24.8 Å². The highest BCUT2D eigenvalue weighted by Crippen LogP contribution is 2.26. The first-order chi connectivity index (χ1) is 12.1. The lowest BCUT2D eigenvalue weighted by Crippen LogP contribution is -1.97. The van der Waals surface area contributed by atoms with Crippen LogP contribution >= 0.6 is 23.4 Å². The zero-order valence-corrected chi connectivity index (χ0v) is 15.2. The number of aryl methyl sites for hydroxylation is 2. The second-order valence-corrected chi connectivity index (χ2v) is 6.94. The van der Waals surface area contributed by atoms with E-state index in [1.165, 1.54) is 11.8 Å². The van der Waals surface area contributed by atoms with E-state index in [0.29, 0.717) is 33.4 Å². The van der Waals surface area contributed by atoms with Gasteiger partial charge in [0.25, 0.3) is 5.78 Å². The van der Waals surface area contributed by atoms with Gasteiger partial charge in [0.1, 0.15) is 0 Å². The maximum Gasteiger partial charge on any atom is 0.253 e. The van der Waals surface area contributed by atoms with E-state index in [1.54, 1.807) is 10.7 Å². The van der Waals surface area contributed by atoms with Gasteiger partial charge in [-0.2, -0.15) is 4.98 Å². The fourth-order valence-electron chi connectivity index (χ4n) is 2.49. The van der Waals surface area contributed by atoms with Crippen LogP contribution in [-0.4, -0.2) is 24.6 Å². The molecule has 0 saturated carbocycles. The van der Waals surface area contributed by atoms with Crippen molar-refractivity contribution in [3.05, 3.63) is 58.8 Å². The number of nitrogens with zero attached hydrogens (tertiary/aromatic N) is 5. The van der Waals surface area contributed by atoms with E-state index >= 15 is 0 Å². The van der Waals surface area contributed by atoms with Crippen LogP contribution in [-0.2, 0) is 5.75 Å². The van der Waals surface area contributed by atoms with Crippen LogP contribution in [0, 0.1) is 13.8 Å². The van der Waals surface area contributed by atoms with Crippen molar-refractivity contribution in [1.29, 1.82) is 0 Å². The van der Waals surface area contributed by atoms with Gasteiger partial charge in [-0.3, -0.25) is 0 Å². The lowest BCUT2D eigenvalue weighted by atomic mass is 10.2. The molecule has 0 unspecified atom stereocenters. The van der Waals surface area contributed by atoms with Gasteiger partial charge in [-0.25, -0.2) is 14.5 Å². The first-order valence-corrected chi connectivity index (χ1v) is 8.99. The van der Waals surface area contributed by atoms with Crippen molar-refractivity contribution >= 4 is 29.1 Å². The van der Waals surface area contributed by atoms with Gasteiger partial charge in [-0.05, 0) is 32.0 Å². The molecular formula is C17H14ClN5OS. The number of fused-ring (bicyclic) bond motifs is 1. The Balaban J connectivity index is 1.51. The van der Waals surface area contributed by atoms with Crippen molar-refractivity contribution in [2.24, 2.45) is 0 Å². The van der Waals surface area contributed by atoms with Crippen molar-refractivity contribution < 1.29 is 4.42 Å². The van der Waals surface area contributed by atoms with Gasteiger partial charge >= 0.3 is 0 Å². The molecule has 25 heavy (non-hydrogen) atoms. The van der Waals surface area contributed by atoms with Crippen LogP contribution in [0.2, 0.25) is 5.02 Å². The smallest absolute Gasteiger partial charge is 0.253 e. The lowest BCUT2D eigenvalue weighted by molar-refractivity contribution is 0.530. The number of hydrogen-bond acceptors (Lipinski definition) is 6. The average molecular weight is 372 g/mol. The third-order valence-corrected chi connectivity index (χ3v) is 4.64. The summed E-state index contributed by atoms with van der Waals surface area (Å²) in [6.07, 6.45) is 1.70. The molecule has 3 aromatic heterocycles. The topological polar surface area (TPSA) is 69.1 Å². The first kappa shape index (κ1) is 16.1. The summed E-state index contributed by atoms with van der Waals surface area (Å²) in [7, 11) is 0. The first-order valence-electron chi connectivity index (χ1n) is 7.63. The Morgan fingerprint density at radius 2 is 2.08 bits per heavy atom. The van der Waals surface area contributed by atoms with Gasteiger partial charge in [-0.15, -0.1) is 5.10 Å². The minimum absolute atomic E-state index is 0.537. The highest BCUT2D eigenvalue weighted by Gasteiger charge is 2.11. The van der Waals surface area contributed by atoms with Crippen LogP contribution in [0.15, 0.2) is 46.1 Å². The summed E-state index contributed by atoms with van der Waals surface area (Å²) in [5, 5.41) is 5.77. The molecule has 0 fully saturated rings. The molecular weight excluding hydrogens is 358 g/mol. The molecule has 0 bridgehead atoms. The molecule has 1 aromatic carbocycles. The molecule has 0 aliphatic heterocycles. The Kier molecular flexibility index (Phi) is 4.19. The molecule has 0 spiro atoms. The summed E-state index contributed by atoms with van der Waals surface area (Å²) in [5.41, 5.74) is 2.83. The second-order valence-electron chi connectivity index (χ2n) is 5.56. The maximum absolute atomic E-state index is 6.01. The number of oxazole rings is 1. The van der Waals surface area contributed by atoms with E-state index in [2.05, 4.69) is 20.1 Å². The quantitative estimate of drug-likeness (QED) is 0.497. The summed E-state index contributed by atoms with van der Waals surface area (Å²) in [6, 6.07) is 9.46. The van der Waals surface area contributed by atoms with E-state index in [4.69, 9.17) is 16.0 Å². The molecule has 126 valence electrons. The number of rotatable bonds is 4. The fourth-order valence-corrected chi connectivity index (χ4v) is 3.35. The Hall–Kier alpha value is -2.38. The molecule has 4 rings (SSSR count). The minimum atomic E-state index is 0.537. The molecule has 0 atom stereocenters. The van der Waals surface area contributed by atoms with Crippen LogP contribution in [0.25, 0.3) is 17.1 Å². The van der Waals surface area contributed by atoms with Crippen LogP contribution < -0.4 is 0 Å². The zero-order valence-electron chi connectivity index (χ0n) is 13.6. The zero-order chi connectivity index (χ0) is 17.4. The maximum atomic E-state index is 6.01. The van der Waals surface area contributed by atoms with Crippen molar-refractivity contribution in [2.75, 3.05) is 0 Å². The van der Waals surface area contributed by atoms with E-state index in [-0.39, 0.29) is 0 Å². The SMILES string of the molecule is Cc1cc(C)n2nc(SCc3ncc(-c4cccc(Cl)c4)o3)nc2n1. The molecule has 0 N–H and O–H groups in total. The third-order valence-electron chi connectivity index (χ3n) is 3.59. The highest BCUT2D eigenvalue weighted by atomic mass is 35.5. The summed E-state index contributed by atoms with van der Waals surface area (Å²) in [6.45, 7) is 3.93. The Bertz CT molecular complexity index is 1060. The van der Waals surface area contributed by atoms with Gasteiger partial charge in [0.15, 0.2) is 5.76 Å². The molecule has 3 heterocycles. The molecule has 8 heteroatoms. The number of aromatic nitrogens is 5. The Labute approximate surface area is 153 Å². The standard InChI is InChI=1S/C17H14ClN5OS/c1-10-6-11(2)23-16(20-10)21-17(22-23)25-9-15-19-8-14(24-15)12-4-3-5-13(18)7-12/h3-8H,9H2,1-2H3. The predicted molar refractivity (Wildman–Crippen MR) is 96.8 cm³/mol. The van der Waals surface area contributed by atoms with E-state index in [9.17, 15) is 0 Å². The summed E-state index contributed by atoms with van der Waals surface area (Å²) in [5.74, 6) is 2.44. The predicted octanol–water partition coefficient (Wildman–Crippen LogP) is 4.34. The van der Waals surface area contributed by atoms with Crippen LogP contribution in [0.5, 0.6) is 0 Å². The van der Waals surface area contributed by atoms with Gasteiger partial charge < -0.3 is 4.42 Å². The fraction of sp³-hybridized carbons (Fsp3) is 0.176. The van der Waals surface area contributed by atoms with E-state index in [1.807, 2.05) is 44.2 Å². The molecule has 4 aromatic rings. The number of benzene rings is 1. The van der Waals surface area contributed by atoms with Crippen LogP contribution in [0.1, 0.15) is 17.3 Å². The summed E-state index contributed by atoms with van der Waals surface area (Å²) < 4.78 is 7.53. The molecule has 6 nitrogen and oxygen atoms in total. The van der Waals surface area contributed by atoms with Gasteiger partial charge in [0.05, 0.1) is 11.9 Å². The van der Waals surface area contributed by atoms with Crippen LogP contribution in [0.3, 0.4) is 0 Å². The molecule has 0 amide bonds. The number of halogens is 1. The molecule has 0 saturated heterocycles. The van der Waals surface area contributed by atoms with Gasteiger partial charge in [-0.1, -0.05) is 35.5 Å². The second kappa shape index (κ2) is 6.50. The average Bonchev–Trinajstić information content (AvgIpc) is 3.19. The third kappa shape index (κ3) is 3.38. The van der Waals surface area contributed by atoms with E-state index < -0.39 is 0 Å². The summed E-state index contributed by atoms with van der Waals surface area (Å²) in [4.78, 5) is 13.1.